The lowest BCUT2D eigenvalue weighted by molar-refractivity contribution is 0.323. The van der Waals surface area contributed by atoms with Crippen LogP contribution in [-0.2, 0) is 32.1 Å². The van der Waals surface area contributed by atoms with E-state index in [1.807, 2.05) is 60.7 Å². The minimum Gasteiger partial charge on any atom is -0.496 e. The summed E-state index contributed by atoms with van der Waals surface area (Å²) in [6.07, 6.45) is 2.27. The molecule has 0 heterocycles. The largest absolute Gasteiger partial charge is 0.496 e. The summed E-state index contributed by atoms with van der Waals surface area (Å²) in [5.74, 6) is 6.73. The van der Waals surface area contributed by atoms with E-state index in [4.69, 9.17) is 52.9 Å². The first-order valence-electron chi connectivity index (χ1n) is 19.0. The smallest absolute Gasteiger partial charge is 0.123 e. The van der Waals surface area contributed by atoms with E-state index in [-0.39, 0.29) is 13.2 Å². The Morgan fingerprint density at radius 3 is 0.729 bits per heavy atom. The Balaban J connectivity index is 1.61. The van der Waals surface area contributed by atoms with Gasteiger partial charge in [-0.2, -0.15) is 0 Å². The van der Waals surface area contributed by atoms with Gasteiger partial charge in [-0.3, -0.25) is 0 Å². The molecule has 13 heteroatoms. The maximum absolute atomic E-state index is 8.94. The molecule has 0 unspecified atom stereocenters. The molecule has 310 valence electrons. The molecule has 5 aromatic rings. The van der Waals surface area contributed by atoms with Crippen molar-refractivity contribution in [1.29, 1.82) is 0 Å². The molecule has 0 amide bonds. The molecule has 0 saturated carbocycles. The SMILES string of the molecule is COc1cc2c(OC)cc1Cc1cc(OC)c(cc1OC)Cc1cc(OC)c(cc1OC)Cc1cc(OC)c(cc1OCCN=[N+]=[N-])Cc1cc(OC)c(cc1OC)C2. The Labute approximate surface area is 345 Å². The Morgan fingerprint density at radius 1 is 0.356 bits per heavy atom. The van der Waals surface area contributed by atoms with Gasteiger partial charge in [0, 0.05) is 92.7 Å². The van der Waals surface area contributed by atoms with Gasteiger partial charge in [-0.25, -0.2) is 0 Å². The first-order valence-corrected chi connectivity index (χ1v) is 19.0. The molecule has 59 heavy (non-hydrogen) atoms. The Kier molecular flexibility index (Phi) is 13.7. The molecule has 13 nitrogen and oxygen atoms in total. The highest BCUT2D eigenvalue weighted by molar-refractivity contribution is 5.59. The molecule has 10 aliphatic carbocycles. The third kappa shape index (κ3) is 9.10. The molecule has 0 N–H and O–H groups in total. The zero-order chi connectivity index (χ0) is 42.1. The summed E-state index contributed by atoms with van der Waals surface area (Å²) in [4.78, 5) is 2.89. The van der Waals surface area contributed by atoms with Gasteiger partial charge in [0.05, 0.1) is 77.1 Å². The Hall–Kier alpha value is -6.59. The van der Waals surface area contributed by atoms with E-state index < -0.39 is 0 Å². The van der Waals surface area contributed by atoms with Gasteiger partial charge < -0.3 is 47.4 Å². The summed E-state index contributed by atoms with van der Waals surface area (Å²) >= 11 is 0. The normalized spacial score (nSPS) is 11.9. The second-order valence-electron chi connectivity index (χ2n) is 13.9. The van der Waals surface area contributed by atoms with E-state index in [1.165, 1.54) is 0 Å². The van der Waals surface area contributed by atoms with Gasteiger partial charge in [0.2, 0.25) is 0 Å². The van der Waals surface area contributed by atoms with Crippen LogP contribution in [0.1, 0.15) is 55.6 Å². The predicted octanol–water partition coefficient (Wildman–Crippen LogP) is 8.72. The molecule has 10 bridgehead atoms. The van der Waals surface area contributed by atoms with Crippen LogP contribution in [0.3, 0.4) is 0 Å². The van der Waals surface area contributed by atoms with Crippen LogP contribution in [0, 0.1) is 0 Å². The number of azide groups is 1. The zero-order valence-corrected chi connectivity index (χ0v) is 35.1. The van der Waals surface area contributed by atoms with Gasteiger partial charge in [-0.05, 0) is 66.2 Å². The van der Waals surface area contributed by atoms with Crippen molar-refractivity contribution in [2.45, 2.75) is 32.1 Å². The Bertz CT molecular complexity index is 2350. The lowest BCUT2D eigenvalue weighted by Gasteiger charge is -2.20. The van der Waals surface area contributed by atoms with Crippen molar-refractivity contribution >= 4 is 0 Å². The highest BCUT2D eigenvalue weighted by Crippen LogP contribution is 2.42. The van der Waals surface area contributed by atoms with Crippen LogP contribution >= 0.6 is 0 Å². The van der Waals surface area contributed by atoms with Crippen LogP contribution in [0.2, 0.25) is 0 Å². The molecule has 0 saturated heterocycles. The number of nitrogens with zero attached hydrogens (tertiary/aromatic N) is 3. The molecular formula is C46H51N3O10. The lowest BCUT2D eigenvalue weighted by Crippen LogP contribution is -2.07. The number of benzene rings is 5. The zero-order valence-electron chi connectivity index (χ0n) is 35.1. The molecule has 0 aromatic heterocycles. The number of hydrogen-bond acceptors (Lipinski definition) is 11. The van der Waals surface area contributed by atoms with Crippen molar-refractivity contribution in [2.24, 2.45) is 5.11 Å². The van der Waals surface area contributed by atoms with Crippen molar-refractivity contribution in [2.75, 3.05) is 77.1 Å². The lowest BCUT2D eigenvalue weighted by atomic mass is 9.94. The van der Waals surface area contributed by atoms with Gasteiger partial charge in [0.25, 0.3) is 0 Å². The van der Waals surface area contributed by atoms with Gasteiger partial charge in [-0.1, -0.05) is 5.11 Å². The summed E-state index contributed by atoms with van der Waals surface area (Å²) in [5, 5.41) is 3.68. The number of rotatable bonds is 13. The van der Waals surface area contributed by atoms with Crippen molar-refractivity contribution in [3.05, 3.63) is 127 Å². The minimum atomic E-state index is 0.157. The van der Waals surface area contributed by atoms with Crippen molar-refractivity contribution in [1.82, 2.24) is 0 Å². The maximum Gasteiger partial charge on any atom is 0.123 e. The highest BCUT2D eigenvalue weighted by atomic mass is 16.5. The summed E-state index contributed by atoms with van der Waals surface area (Å²) in [6, 6.07) is 19.9. The molecule has 15 rings (SSSR count). The van der Waals surface area contributed by atoms with Crippen LogP contribution in [0.4, 0.5) is 0 Å². The average molecular weight is 806 g/mol. The van der Waals surface area contributed by atoms with Gasteiger partial charge in [-0.15, -0.1) is 0 Å². The molecule has 0 fully saturated rings. The fraction of sp³-hybridized carbons (Fsp3) is 0.348. The number of hydrogen-bond donors (Lipinski definition) is 0. The standard InChI is InChI=1S/C46H51N3O10/c1-50-37-19-29-13-31-21-42(55-6)33(23-41(31)54-5)15-35-26-46(59-11-10-48-49-47)36(25-45(35)58-9)16-34-24-43(56-7)32(22-44(34)57-8)14-30-20-39(52-3)28(18-40(30)53-4)12-27(37)17-38(29)51-2/h17-26H,10-16H2,1-9H3. The molecular weight excluding hydrogens is 755 g/mol. The van der Waals surface area contributed by atoms with Gasteiger partial charge >= 0.3 is 0 Å². The second-order valence-corrected chi connectivity index (χ2v) is 13.9. The molecule has 10 aliphatic rings. The molecule has 0 radical (unpaired) electrons. The van der Waals surface area contributed by atoms with Crippen LogP contribution in [0.5, 0.6) is 57.5 Å². The highest BCUT2D eigenvalue weighted by Gasteiger charge is 2.23. The summed E-state index contributed by atoms with van der Waals surface area (Å²) in [6.45, 7) is 0.331. The fourth-order valence-corrected chi connectivity index (χ4v) is 7.71. The summed E-state index contributed by atoms with van der Waals surface area (Å²) < 4.78 is 60.3. The topological polar surface area (TPSA) is 141 Å². The third-order valence-corrected chi connectivity index (χ3v) is 10.6. The van der Waals surface area contributed by atoms with E-state index in [0.717, 1.165) is 55.6 Å². The van der Waals surface area contributed by atoms with Gasteiger partial charge in [0.1, 0.15) is 57.5 Å². The monoisotopic (exact) mass is 805 g/mol. The van der Waals surface area contributed by atoms with E-state index in [1.54, 1.807) is 64.0 Å². The van der Waals surface area contributed by atoms with Crippen molar-refractivity contribution in [3.8, 4) is 57.5 Å². The van der Waals surface area contributed by atoms with Crippen molar-refractivity contribution < 1.29 is 47.4 Å². The molecule has 0 spiro atoms. The summed E-state index contributed by atoms with van der Waals surface area (Å²) in [5.41, 5.74) is 17.8. The van der Waals surface area contributed by atoms with Crippen LogP contribution in [-0.4, -0.2) is 77.1 Å². The Morgan fingerprint density at radius 2 is 0.542 bits per heavy atom. The quantitative estimate of drug-likeness (QED) is 0.0482. The summed E-state index contributed by atoms with van der Waals surface area (Å²) in [7, 11) is 14.9. The first-order chi connectivity index (χ1) is 28.7. The number of ether oxygens (including phenoxy) is 10. The predicted molar refractivity (Wildman–Crippen MR) is 225 cm³/mol. The first kappa shape index (κ1) is 42.0. The minimum absolute atomic E-state index is 0.157. The van der Waals surface area contributed by atoms with Crippen LogP contribution < -0.4 is 47.4 Å². The van der Waals surface area contributed by atoms with E-state index in [0.29, 0.717) is 89.6 Å². The van der Waals surface area contributed by atoms with E-state index in [9.17, 15) is 0 Å². The van der Waals surface area contributed by atoms with Gasteiger partial charge in [0.15, 0.2) is 0 Å². The second kappa shape index (κ2) is 19.2. The number of methoxy groups -OCH3 is 9. The van der Waals surface area contributed by atoms with Crippen molar-refractivity contribution in [3.63, 3.8) is 0 Å². The van der Waals surface area contributed by atoms with E-state index >= 15 is 0 Å². The van der Waals surface area contributed by atoms with Crippen LogP contribution in [0.15, 0.2) is 65.8 Å². The molecule has 0 aliphatic heterocycles. The average Bonchev–Trinajstić information content (AvgIpc) is 3.26. The maximum atomic E-state index is 8.94. The molecule has 0 atom stereocenters. The third-order valence-electron chi connectivity index (χ3n) is 10.6. The molecule has 5 aromatic carbocycles. The van der Waals surface area contributed by atoms with E-state index in [2.05, 4.69) is 10.0 Å². The van der Waals surface area contributed by atoms with Crippen LogP contribution in [0.25, 0.3) is 10.4 Å². The fourth-order valence-electron chi connectivity index (χ4n) is 7.71.